The predicted molar refractivity (Wildman–Crippen MR) is 87.3 cm³/mol. The predicted octanol–water partition coefficient (Wildman–Crippen LogP) is 3.10. The van der Waals surface area contributed by atoms with Crippen LogP contribution >= 0.6 is 0 Å². The van der Waals surface area contributed by atoms with Gasteiger partial charge in [0.2, 0.25) is 0 Å². The van der Waals surface area contributed by atoms with Gasteiger partial charge >= 0.3 is 0 Å². The van der Waals surface area contributed by atoms with Gasteiger partial charge in [0.15, 0.2) is 0 Å². The maximum atomic E-state index is 12.9. The molecule has 1 aliphatic heterocycles. The molecule has 0 radical (unpaired) electrons. The van der Waals surface area contributed by atoms with Crippen molar-refractivity contribution in [1.82, 2.24) is 9.88 Å². The van der Waals surface area contributed by atoms with Crippen LogP contribution in [0.3, 0.4) is 0 Å². The van der Waals surface area contributed by atoms with Crippen LogP contribution in [0.5, 0.6) is 0 Å². The lowest BCUT2D eigenvalue weighted by molar-refractivity contribution is 0.0303. The summed E-state index contributed by atoms with van der Waals surface area (Å²) < 4.78 is 5.34. The van der Waals surface area contributed by atoms with Crippen molar-refractivity contribution in [2.24, 2.45) is 0 Å². The van der Waals surface area contributed by atoms with Crippen LogP contribution in [0.1, 0.15) is 16.1 Å². The van der Waals surface area contributed by atoms with E-state index in [-0.39, 0.29) is 5.91 Å². The first-order chi connectivity index (χ1) is 10.8. The van der Waals surface area contributed by atoms with Crippen molar-refractivity contribution in [3.63, 3.8) is 0 Å². The fourth-order valence-electron chi connectivity index (χ4n) is 3.27. The molecular weight excluding hydrogens is 276 g/mol. The zero-order valence-electron chi connectivity index (χ0n) is 12.6. The third kappa shape index (κ3) is 1.99. The Hall–Kier alpha value is -2.33. The average molecular weight is 294 g/mol. The lowest BCUT2D eigenvalue weighted by atomic mass is 10.0. The molecule has 4 nitrogen and oxygen atoms in total. The Bertz CT molecular complexity index is 860. The Morgan fingerprint density at radius 2 is 1.86 bits per heavy atom. The van der Waals surface area contributed by atoms with Gasteiger partial charge in [-0.25, -0.2) is 0 Å². The number of aromatic amines is 1. The van der Waals surface area contributed by atoms with E-state index in [9.17, 15) is 4.79 Å². The van der Waals surface area contributed by atoms with Crippen LogP contribution in [0.15, 0.2) is 36.4 Å². The molecule has 0 spiro atoms. The zero-order chi connectivity index (χ0) is 15.1. The first-order valence-electron chi connectivity index (χ1n) is 7.63. The summed E-state index contributed by atoms with van der Waals surface area (Å²) in [5.41, 5.74) is 2.78. The normalized spacial score (nSPS) is 15.6. The highest BCUT2D eigenvalue weighted by Gasteiger charge is 2.23. The molecule has 1 amide bonds. The Morgan fingerprint density at radius 3 is 2.68 bits per heavy atom. The molecule has 2 aromatic carbocycles. The Balaban J connectivity index is 1.89. The summed E-state index contributed by atoms with van der Waals surface area (Å²) in [7, 11) is 0. The number of aromatic nitrogens is 1. The van der Waals surface area contributed by atoms with Crippen LogP contribution in [-0.4, -0.2) is 42.1 Å². The highest BCUT2D eigenvalue weighted by Crippen LogP contribution is 2.30. The Morgan fingerprint density at radius 1 is 1.09 bits per heavy atom. The number of H-pyrrole nitrogens is 1. The number of aryl methyl sites for hydroxylation is 1. The number of nitrogens with zero attached hydrogens (tertiary/aromatic N) is 1. The third-order valence-electron chi connectivity index (χ3n) is 4.40. The molecule has 1 N–H and O–H groups in total. The molecule has 4 rings (SSSR count). The van der Waals surface area contributed by atoms with Crippen molar-refractivity contribution in [1.29, 1.82) is 0 Å². The SMILES string of the molecule is Cc1[nH]c2c(ccc3ccccc32)c1C(=O)N1CCOCC1. The first kappa shape index (κ1) is 13.3. The van der Waals surface area contributed by atoms with Gasteiger partial charge in [0, 0.05) is 29.6 Å². The molecule has 0 saturated carbocycles. The smallest absolute Gasteiger partial charge is 0.256 e. The van der Waals surface area contributed by atoms with Crippen molar-refractivity contribution < 1.29 is 9.53 Å². The minimum Gasteiger partial charge on any atom is -0.378 e. The fourth-order valence-corrected chi connectivity index (χ4v) is 3.27. The average Bonchev–Trinajstić information content (AvgIpc) is 2.91. The largest absolute Gasteiger partial charge is 0.378 e. The number of hydrogen-bond donors (Lipinski definition) is 1. The summed E-state index contributed by atoms with van der Waals surface area (Å²) in [4.78, 5) is 18.2. The molecule has 0 aliphatic carbocycles. The van der Waals surface area contributed by atoms with Gasteiger partial charge in [-0.1, -0.05) is 36.4 Å². The van der Waals surface area contributed by atoms with Gasteiger partial charge in [-0.05, 0) is 12.3 Å². The molecule has 112 valence electrons. The van der Waals surface area contributed by atoms with Crippen molar-refractivity contribution in [2.45, 2.75) is 6.92 Å². The number of fused-ring (bicyclic) bond motifs is 3. The van der Waals surface area contributed by atoms with Crippen molar-refractivity contribution >= 4 is 27.6 Å². The van der Waals surface area contributed by atoms with E-state index in [1.54, 1.807) is 0 Å². The van der Waals surface area contributed by atoms with Gasteiger partial charge in [-0.15, -0.1) is 0 Å². The number of hydrogen-bond acceptors (Lipinski definition) is 2. The monoisotopic (exact) mass is 294 g/mol. The van der Waals surface area contributed by atoms with Crippen LogP contribution in [0.2, 0.25) is 0 Å². The van der Waals surface area contributed by atoms with Crippen molar-refractivity contribution in [3.05, 3.63) is 47.7 Å². The molecule has 1 fully saturated rings. The van der Waals surface area contributed by atoms with Gasteiger partial charge in [-0.2, -0.15) is 0 Å². The molecule has 1 aliphatic rings. The van der Waals surface area contributed by atoms with Crippen LogP contribution in [0.4, 0.5) is 0 Å². The number of ether oxygens (including phenoxy) is 1. The summed E-state index contributed by atoms with van der Waals surface area (Å²) in [5, 5.41) is 3.35. The van der Waals surface area contributed by atoms with E-state index in [2.05, 4.69) is 29.2 Å². The number of nitrogens with one attached hydrogen (secondary N) is 1. The molecule has 22 heavy (non-hydrogen) atoms. The summed E-state index contributed by atoms with van der Waals surface area (Å²) >= 11 is 0. The fraction of sp³-hybridized carbons (Fsp3) is 0.278. The summed E-state index contributed by atoms with van der Waals surface area (Å²) in [6.45, 7) is 4.55. The second kappa shape index (κ2) is 5.14. The number of carbonyl (C=O) groups is 1. The van der Waals surface area contributed by atoms with Gasteiger partial charge in [0.1, 0.15) is 0 Å². The van der Waals surface area contributed by atoms with Gasteiger partial charge in [0.25, 0.3) is 5.91 Å². The minimum absolute atomic E-state index is 0.0994. The number of benzene rings is 2. The Labute approximate surface area is 128 Å². The number of carbonyl (C=O) groups excluding carboxylic acids is 1. The molecule has 0 unspecified atom stereocenters. The maximum Gasteiger partial charge on any atom is 0.256 e. The van der Waals surface area contributed by atoms with Gasteiger partial charge in [0.05, 0.1) is 24.3 Å². The van der Waals surface area contributed by atoms with Gasteiger partial charge in [-0.3, -0.25) is 4.79 Å². The van der Waals surface area contributed by atoms with E-state index in [4.69, 9.17) is 4.74 Å². The van der Waals surface area contributed by atoms with Gasteiger partial charge < -0.3 is 14.6 Å². The van der Waals surface area contributed by atoms with E-state index in [1.807, 2.05) is 24.0 Å². The summed E-state index contributed by atoms with van der Waals surface area (Å²) in [6.07, 6.45) is 0. The lowest BCUT2D eigenvalue weighted by Crippen LogP contribution is -2.40. The molecule has 0 atom stereocenters. The molecule has 2 heterocycles. The molecule has 1 saturated heterocycles. The number of rotatable bonds is 1. The van der Waals surface area contributed by atoms with E-state index in [0.717, 1.165) is 27.5 Å². The minimum atomic E-state index is 0.0994. The van der Waals surface area contributed by atoms with Crippen molar-refractivity contribution in [3.8, 4) is 0 Å². The quantitative estimate of drug-likeness (QED) is 0.749. The van der Waals surface area contributed by atoms with Crippen molar-refractivity contribution in [2.75, 3.05) is 26.3 Å². The summed E-state index contributed by atoms with van der Waals surface area (Å²) in [5.74, 6) is 0.0994. The lowest BCUT2D eigenvalue weighted by Gasteiger charge is -2.27. The van der Waals surface area contributed by atoms with Crippen LogP contribution in [0, 0.1) is 6.92 Å². The van der Waals surface area contributed by atoms with E-state index < -0.39 is 0 Å². The molecule has 1 aromatic heterocycles. The standard InChI is InChI=1S/C18H18N2O2/c1-12-16(18(21)20-8-10-22-11-9-20)15-7-6-13-4-2-3-5-14(13)17(15)19-12/h2-7,19H,8-11H2,1H3. The third-order valence-corrected chi connectivity index (χ3v) is 4.40. The van der Waals surface area contributed by atoms with E-state index in [0.29, 0.717) is 26.3 Å². The highest BCUT2D eigenvalue weighted by molar-refractivity contribution is 6.15. The van der Waals surface area contributed by atoms with Crippen LogP contribution < -0.4 is 0 Å². The second-order valence-corrected chi connectivity index (χ2v) is 5.74. The Kier molecular flexibility index (Phi) is 3.12. The van der Waals surface area contributed by atoms with Crippen LogP contribution in [-0.2, 0) is 4.74 Å². The molecular formula is C18H18N2O2. The molecule has 3 aromatic rings. The topological polar surface area (TPSA) is 45.3 Å². The molecule has 4 heteroatoms. The molecule has 0 bridgehead atoms. The number of morpholine rings is 1. The summed E-state index contributed by atoms with van der Waals surface area (Å²) in [6, 6.07) is 12.4. The zero-order valence-corrected chi connectivity index (χ0v) is 12.6. The second-order valence-electron chi connectivity index (χ2n) is 5.74. The van der Waals surface area contributed by atoms with E-state index in [1.165, 1.54) is 5.39 Å². The van der Waals surface area contributed by atoms with E-state index >= 15 is 0 Å². The highest BCUT2D eigenvalue weighted by atomic mass is 16.5. The first-order valence-corrected chi connectivity index (χ1v) is 7.63. The van der Waals surface area contributed by atoms with Crippen LogP contribution in [0.25, 0.3) is 21.7 Å². The number of amides is 1. The maximum absolute atomic E-state index is 12.9.